The molecule has 0 aliphatic carbocycles. The molecule has 0 spiro atoms. The van der Waals surface area contributed by atoms with Crippen molar-refractivity contribution in [2.45, 2.75) is 26.4 Å². The molecule has 1 atom stereocenters. The van der Waals surface area contributed by atoms with E-state index in [1.807, 2.05) is 18.2 Å². The van der Waals surface area contributed by atoms with E-state index in [0.717, 1.165) is 11.0 Å². The normalized spacial score (nSPS) is 13.1. The fourth-order valence-corrected chi connectivity index (χ4v) is 1.82. The van der Waals surface area contributed by atoms with Crippen LogP contribution in [-0.2, 0) is 6.54 Å². The molecule has 0 saturated carbocycles. The number of aliphatic hydroxyl groups excluding tert-OH is 1. The Kier molecular flexibility index (Phi) is 5.29. The maximum Gasteiger partial charge on any atom is 0.0587 e. The Labute approximate surface area is 99.8 Å². The smallest absolute Gasteiger partial charge is 0.0587 e. The second-order valence-electron chi connectivity index (χ2n) is 4.01. The summed E-state index contributed by atoms with van der Waals surface area (Å²) in [6, 6.07) is 8.29. The maximum atomic E-state index is 9.17. The molecule has 1 rings (SSSR count). The van der Waals surface area contributed by atoms with E-state index in [0.29, 0.717) is 5.92 Å². The monoisotopic (exact) mass is 271 g/mol. The Morgan fingerprint density at radius 1 is 1.33 bits per heavy atom. The molecule has 2 N–H and O–H groups in total. The van der Waals surface area contributed by atoms with Crippen molar-refractivity contribution in [3.8, 4) is 0 Å². The molecule has 0 aliphatic heterocycles. The highest BCUT2D eigenvalue weighted by Crippen LogP contribution is 2.15. The molecule has 0 unspecified atom stereocenters. The van der Waals surface area contributed by atoms with E-state index in [9.17, 15) is 0 Å². The third kappa shape index (κ3) is 3.93. The van der Waals surface area contributed by atoms with Gasteiger partial charge < -0.3 is 10.4 Å². The van der Waals surface area contributed by atoms with Crippen LogP contribution in [0.5, 0.6) is 0 Å². The zero-order chi connectivity index (χ0) is 11.3. The van der Waals surface area contributed by atoms with Crippen molar-refractivity contribution in [1.82, 2.24) is 5.32 Å². The van der Waals surface area contributed by atoms with Crippen LogP contribution in [0.1, 0.15) is 19.4 Å². The highest BCUT2D eigenvalue weighted by molar-refractivity contribution is 9.10. The van der Waals surface area contributed by atoms with Crippen molar-refractivity contribution in [3.63, 3.8) is 0 Å². The van der Waals surface area contributed by atoms with Gasteiger partial charge in [-0.2, -0.15) is 0 Å². The fraction of sp³-hybridized carbons (Fsp3) is 0.500. The number of halogens is 1. The summed E-state index contributed by atoms with van der Waals surface area (Å²) in [6.45, 7) is 5.18. The van der Waals surface area contributed by atoms with Crippen molar-refractivity contribution in [3.05, 3.63) is 34.3 Å². The number of aliphatic hydroxyl groups is 1. The molecular weight excluding hydrogens is 254 g/mol. The first-order valence-electron chi connectivity index (χ1n) is 5.22. The van der Waals surface area contributed by atoms with Crippen LogP contribution >= 0.6 is 15.9 Å². The van der Waals surface area contributed by atoms with Crippen LogP contribution in [0, 0.1) is 5.92 Å². The van der Waals surface area contributed by atoms with E-state index in [-0.39, 0.29) is 12.6 Å². The Balaban J connectivity index is 2.53. The van der Waals surface area contributed by atoms with E-state index in [4.69, 9.17) is 5.11 Å². The van der Waals surface area contributed by atoms with Gasteiger partial charge in [-0.3, -0.25) is 0 Å². The second-order valence-corrected chi connectivity index (χ2v) is 4.86. The molecule has 2 nitrogen and oxygen atoms in total. The van der Waals surface area contributed by atoms with E-state index in [1.54, 1.807) is 0 Å². The first-order chi connectivity index (χ1) is 7.15. The summed E-state index contributed by atoms with van der Waals surface area (Å²) in [7, 11) is 0. The predicted molar refractivity (Wildman–Crippen MR) is 66.7 cm³/mol. The minimum atomic E-state index is 0.164. The third-order valence-corrected chi connectivity index (χ3v) is 3.29. The van der Waals surface area contributed by atoms with Crippen LogP contribution in [0.2, 0.25) is 0 Å². The number of nitrogens with one attached hydrogen (secondary N) is 1. The molecule has 0 amide bonds. The van der Waals surface area contributed by atoms with Crippen LogP contribution < -0.4 is 5.32 Å². The summed E-state index contributed by atoms with van der Waals surface area (Å²) in [5.74, 6) is 0.442. The highest BCUT2D eigenvalue weighted by atomic mass is 79.9. The van der Waals surface area contributed by atoms with Gasteiger partial charge in [0.25, 0.3) is 0 Å². The van der Waals surface area contributed by atoms with Gasteiger partial charge in [-0.1, -0.05) is 48.0 Å². The number of benzene rings is 1. The molecule has 0 aromatic heterocycles. The fourth-order valence-electron chi connectivity index (χ4n) is 1.39. The molecule has 1 aromatic rings. The van der Waals surface area contributed by atoms with Gasteiger partial charge in [-0.05, 0) is 17.5 Å². The first kappa shape index (κ1) is 12.7. The Hall–Kier alpha value is -0.380. The second kappa shape index (κ2) is 6.26. The van der Waals surface area contributed by atoms with Crippen LogP contribution in [0.4, 0.5) is 0 Å². The molecule has 84 valence electrons. The van der Waals surface area contributed by atoms with Crippen LogP contribution in [0.15, 0.2) is 28.7 Å². The molecule has 15 heavy (non-hydrogen) atoms. The third-order valence-electron chi connectivity index (χ3n) is 2.51. The molecule has 0 heterocycles. The zero-order valence-corrected chi connectivity index (χ0v) is 10.8. The highest BCUT2D eigenvalue weighted by Gasteiger charge is 2.11. The lowest BCUT2D eigenvalue weighted by Crippen LogP contribution is -2.36. The largest absolute Gasteiger partial charge is 0.395 e. The van der Waals surface area contributed by atoms with Gasteiger partial charge in [-0.25, -0.2) is 0 Å². The average Bonchev–Trinajstić information content (AvgIpc) is 2.21. The Morgan fingerprint density at radius 3 is 2.53 bits per heavy atom. The van der Waals surface area contributed by atoms with Crippen LogP contribution in [0.3, 0.4) is 0 Å². The quantitative estimate of drug-likeness (QED) is 0.863. The predicted octanol–water partition coefficient (Wildman–Crippen LogP) is 2.56. The van der Waals surface area contributed by atoms with Gasteiger partial charge in [0, 0.05) is 17.1 Å². The van der Waals surface area contributed by atoms with Crippen molar-refractivity contribution >= 4 is 15.9 Å². The summed E-state index contributed by atoms with van der Waals surface area (Å²) in [5, 5.41) is 12.5. The minimum absolute atomic E-state index is 0.164. The van der Waals surface area contributed by atoms with Gasteiger partial charge in [0.05, 0.1) is 6.61 Å². The summed E-state index contributed by atoms with van der Waals surface area (Å²) in [5.41, 5.74) is 1.22. The SMILES string of the molecule is CC(C)[C@@H](CO)NCc1ccccc1Br. The average molecular weight is 272 g/mol. The Morgan fingerprint density at radius 2 is 2.00 bits per heavy atom. The summed E-state index contributed by atoms with van der Waals surface area (Å²) >= 11 is 3.50. The lowest BCUT2D eigenvalue weighted by molar-refractivity contribution is 0.210. The molecule has 0 radical (unpaired) electrons. The maximum absolute atomic E-state index is 9.17. The van der Waals surface area contributed by atoms with Crippen LogP contribution in [-0.4, -0.2) is 17.8 Å². The Bertz CT molecular complexity index is 301. The minimum Gasteiger partial charge on any atom is -0.395 e. The molecular formula is C12H18BrNO. The van der Waals surface area contributed by atoms with E-state index in [2.05, 4.69) is 41.2 Å². The first-order valence-corrected chi connectivity index (χ1v) is 6.02. The van der Waals surface area contributed by atoms with Crippen LogP contribution in [0.25, 0.3) is 0 Å². The summed E-state index contributed by atoms with van der Waals surface area (Å²) in [6.07, 6.45) is 0. The van der Waals surface area contributed by atoms with Crippen molar-refractivity contribution in [2.24, 2.45) is 5.92 Å². The van der Waals surface area contributed by atoms with E-state index >= 15 is 0 Å². The molecule has 3 heteroatoms. The zero-order valence-electron chi connectivity index (χ0n) is 9.20. The summed E-state index contributed by atoms with van der Waals surface area (Å²) < 4.78 is 1.11. The van der Waals surface area contributed by atoms with Gasteiger partial charge in [0.1, 0.15) is 0 Å². The molecule has 0 aliphatic rings. The van der Waals surface area contributed by atoms with Gasteiger partial charge in [0.15, 0.2) is 0 Å². The van der Waals surface area contributed by atoms with E-state index < -0.39 is 0 Å². The molecule has 1 aromatic carbocycles. The summed E-state index contributed by atoms with van der Waals surface area (Å²) in [4.78, 5) is 0. The number of rotatable bonds is 5. The lowest BCUT2D eigenvalue weighted by atomic mass is 10.1. The topological polar surface area (TPSA) is 32.3 Å². The van der Waals surface area contributed by atoms with Gasteiger partial charge >= 0.3 is 0 Å². The van der Waals surface area contributed by atoms with Gasteiger partial charge in [0.2, 0.25) is 0 Å². The van der Waals surface area contributed by atoms with Crippen molar-refractivity contribution in [1.29, 1.82) is 0 Å². The molecule has 0 saturated heterocycles. The number of hydrogen-bond donors (Lipinski definition) is 2. The number of hydrogen-bond acceptors (Lipinski definition) is 2. The standard InChI is InChI=1S/C12H18BrNO/c1-9(2)12(8-15)14-7-10-5-3-4-6-11(10)13/h3-6,9,12,14-15H,7-8H2,1-2H3/t12-/m1/s1. The molecule has 0 bridgehead atoms. The van der Waals surface area contributed by atoms with Crippen molar-refractivity contribution in [2.75, 3.05) is 6.61 Å². The van der Waals surface area contributed by atoms with E-state index in [1.165, 1.54) is 5.56 Å². The molecule has 0 fully saturated rings. The lowest BCUT2D eigenvalue weighted by Gasteiger charge is -2.20. The van der Waals surface area contributed by atoms with Gasteiger partial charge in [-0.15, -0.1) is 0 Å². The van der Waals surface area contributed by atoms with Crippen molar-refractivity contribution < 1.29 is 5.11 Å².